The van der Waals surface area contributed by atoms with Gasteiger partial charge in [-0.1, -0.05) is 5.92 Å². The number of hydrogen-bond acceptors (Lipinski definition) is 2. The normalized spacial score (nSPS) is 19.6. The number of rotatable bonds is 0. The van der Waals surface area contributed by atoms with E-state index in [4.69, 9.17) is 5.11 Å². The number of likely N-dealkylation sites (tertiary alicyclic amines) is 1. The molecular weight excluding hydrogens is 208 g/mol. The Hall–Kier alpha value is -1.35. The molecule has 2 N–H and O–H groups in total. The van der Waals surface area contributed by atoms with Gasteiger partial charge in [0.15, 0.2) is 0 Å². The predicted octanol–water partition coefficient (Wildman–Crippen LogP) is 0.760. The molecule has 0 spiro atoms. The fourth-order valence-electron chi connectivity index (χ4n) is 1.38. The zero-order valence-electron chi connectivity index (χ0n) is 7.91. The van der Waals surface area contributed by atoms with E-state index in [2.05, 4.69) is 5.92 Å². The third-order valence-electron chi connectivity index (χ3n) is 2.28. The lowest BCUT2D eigenvalue weighted by Crippen LogP contribution is -2.45. The number of piperidine rings is 1. The van der Waals surface area contributed by atoms with E-state index in [1.54, 1.807) is 5.92 Å². The van der Waals surface area contributed by atoms with Crippen LogP contribution in [0.1, 0.15) is 12.8 Å². The first-order chi connectivity index (χ1) is 6.93. The van der Waals surface area contributed by atoms with Gasteiger partial charge in [0.25, 0.3) is 6.43 Å². The summed E-state index contributed by atoms with van der Waals surface area (Å²) in [6.07, 6.45) is -3.71. The zero-order valence-corrected chi connectivity index (χ0v) is 7.91. The molecule has 0 aromatic rings. The van der Waals surface area contributed by atoms with Crippen molar-refractivity contribution in [3.8, 4) is 11.8 Å². The third kappa shape index (κ3) is 3.36. The van der Waals surface area contributed by atoms with Crippen LogP contribution in [0.4, 0.5) is 13.6 Å². The Bertz CT molecular complexity index is 300. The summed E-state index contributed by atoms with van der Waals surface area (Å²) in [6.45, 7) is 0.230. The second-order valence-electron chi connectivity index (χ2n) is 3.37. The minimum absolute atomic E-state index is 0.0685. The van der Waals surface area contributed by atoms with Gasteiger partial charge in [0, 0.05) is 25.9 Å². The van der Waals surface area contributed by atoms with E-state index in [9.17, 15) is 18.7 Å². The van der Waals surface area contributed by atoms with Crippen molar-refractivity contribution in [2.45, 2.75) is 24.9 Å². The highest BCUT2D eigenvalue weighted by atomic mass is 19.3. The number of halogens is 2. The van der Waals surface area contributed by atoms with Gasteiger partial charge in [0.05, 0.1) is 0 Å². The molecule has 1 aliphatic heterocycles. The van der Waals surface area contributed by atoms with E-state index in [-0.39, 0.29) is 25.9 Å². The fraction of sp³-hybridized carbons (Fsp3) is 0.667. The van der Waals surface area contributed by atoms with Gasteiger partial charge in [-0.2, -0.15) is 8.78 Å². The smallest absolute Gasteiger partial charge is 0.407 e. The summed E-state index contributed by atoms with van der Waals surface area (Å²) in [5, 5.41) is 18.3. The molecule has 1 rings (SSSR count). The van der Waals surface area contributed by atoms with Crippen LogP contribution in [0, 0.1) is 11.8 Å². The van der Waals surface area contributed by atoms with Crippen molar-refractivity contribution in [2.24, 2.45) is 0 Å². The summed E-state index contributed by atoms with van der Waals surface area (Å²) in [7, 11) is 0. The Morgan fingerprint density at radius 1 is 1.40 bits per heavy atom. The number of aliphatic hydroxyl groups is 1. The Kier molecular flexibility index (Phi) is 3.48. The maximum absolute atomic E-state index is 11.8. The average Bonchev–Trinajstić information content (AvgIpc) is 2.16. The Balaban J connectivity index is 2.56. The van der Waals surface area contributed by atoms with Gasteiger partial charge in [-0.15, -0.1) is 0 Å². The lowest BCUT2D eigenvalue weighted by Gasteiger charge is -2.33. The van der Waals surface area contributed by atoms with Crippen LogP contribution in [0.2, 0.25) is 0 Å². The van der Waals surface area contributed by atoms with Gasteiger partial charge in [-0.3, -0.25) is 0 Å². The van der Waals surface area contributed by atoms with Gasteiger partial charge in [0.1, 0.15) is 5.60 Å². The molecule has 1 saturated heterocycles. The first-order valence-corrected chi connectivity index (χ1v) is 4.44. The SMILES string of the molecule is O=C(O)N1CCC(O)(C#CC(F)F)CC1. The molecule has 0 bridgehead atoms. The van der Waals surface area contributed by atoms with Crippen molar-refractivity contribution in [3.63, 3.8) is 0 Å². The monoisotopic (exact) mass is 219 g/mol. The van der Waals surface area contributed by atoms with Crippen LogP contribution in [0.25, 0.3) is 0 Å². The second kappa shape index (κ2) is 4.45. The first-order valence-electron chi connectivity index (χ1n) is 4.44. The lowest BCUT2D eigenvalue weighted by molar-refractivity contribution is 0.0291. The summed E-state index contributed by atoms with van der Waals surface area (Å²) < 4.78 is 23.6. The molecule has 1 amide bonds. The zero-order chi connectivity index (χ0) is 11.5. The molecular formula is C9H11F2NO3. The molecule has 1 fully saturated rings. The van der Waals surface area contributed by atoms with Crippen LogP contribution < -0.4 is 0 Å². The van der Waals surface area contributed by atoms with Crippen molar-refractivity contribution in [3.05, 3.63) is 0 Å². The Morgan fingerprint density at radius 2 is 1.93 bits per heavy atom. The highest BCUT2D eigenvalue weighted by molar-refractivity contribution is 5.65. The van der Waals surface area contributed by atoms with Crippen molar-refractivity contribution in [1.29, 1.82) is 0 Å². The number of amides is 1. The number of nitrogens with zero attached hydrogens (tertiary/aromatic N) is 1. The van der Waals surface area contributed by atoms with E-state index in [0.717, 1.165) is 4.90 Å². The van der Waals surface area contributed by atoms with Crippen LogP contribution in [0.15, 0.2) is 0 Å². The summed E-state index contributed by atoms with van der Waals surface area (Å²) >= 11 is 0. The van der Waals surface area contributed by atoms with Crippen molar-refractivity contribution in [1.82, 2.24) is 4.90 Å². The first kappa shape index (κ1) is 11.7. The van der Waals surface area contributed by atoms with Crippen LogP contribution in [-0.4, -0.2) is 46.3 Å². The maximum atomic E-state index is 11.8. The Labute approximate surface area is 85.5 Å². The molecule has 1 aliphatic rings. The topological polar surface area (TPSA) is 60.8 Å². The second-order valence-corrected chi connectivity index (χ2v) is 3.37. The van der Waals surface area contributed by atoms with Crippen LogP contribution in [0.5, 0.6) is 0 Å². The average molecular weight is 219 g/mol. The van der Waals surface area contributed by atoms with Gasteiger partial charge < -0.3 is 15.1 Å². The summed E-state index contributed by atoms with van der Waals surface area (Å²) in [5.41, 5.74) is -1.47. The van der Waals surface area contributed by atoms with Crippen molar-refractivity contribution < 1.29 is 23.8 Å². The molecule has 0 saturated carbocycles. The number of carboxylic acid groups (broad SMARTS) is 1. The minimum Gasteiger partial charge on any atom is -0.465 e. The standard InChI is InChI=1S/C9H11F2NO3/c10-7(11)1-2-9(15)3-5-12(6-4-9)8(13)14/h7,15H,3-6H2,(H,13,14). The molecule has 6 heteroatoms. The molecule has 84 valence electrons. The molecule has 0 aromatic heterocycles. The van der Waals surface area contributed by atoms with E-state index in [1.165, 1.54) is 0 Å². The van der Waals surface area contributed by atoms with E-state index >= 15 is 0 Å². The molecule has 0 atom stereocenters. The largest absolute Gasteiger partial charge is 0.465 e. The Morgan fingerprint density at radius 3 is 2.33 bits per heavy atom. The molecule has 4 nitrogen and oxygen atoms in total. The molecule has 0 unspecified atom stereocenters. The summed E-state index contributed by atoms with van der Waals surface area (Å²) in [4.78, 5) is 11.6. The summed E-state index contributed by atoms with van der Waals surface area (Å²) in [6, 6.07) is 0. The van der Waals surface area contributed by atoms with Gasteiger partial charge in [-0.25, -0.2) is 4.79 Å². The molecule has 0 radical (unpaired) electrons. The number of hydrogen-bond donors (Lipinski definition) is 2. The number of carbonyl (C=O) groups is 1. The van der Waals surface area contributed by atoms with Crippen molar-refractivity contribution >= 4 is 6.09 Å². The van der Waals surface area contributed by atoms with Crippen molar-refractivity contribution in [2.75, 3.05) is 13.1 Å². The highest BCUT2D eigenvalue weighted by Crippen LogP contribution is 2.21. The van der Waals surface area contributed by atoms with Gasteiger partial charge >= 0.3 is 6.09 Å². The highest BCUT2D eigenvalue weighted by Gasteiger charge is 2.32. The molecule has 0 aliphatic carbocycles. The van der Waals surface area contributed by atoms with E-state index < -0.39 is 18.1 Å². The molecule has 0 aromatic carbocycles. The lowest BCUT2D eigenvalue weighted by atomic mass is 9.92. The van der Waals surface area contributed by atoms with Gasteiger partial charge in [-0.05, 0) is 5.92 Å². The van der Waals surface area contributed by atoms with E-state index in [0.29, 0.717) is 0 Å². The van der Waals surface area contributed by atoms with Crippen LogP contribution in [0.3, 0.4) is 0 Å². The maximum Gasteiger partial charge on any atom is 0.407 e. The summed E-state index contributed by atoms with van der Waals surface area (Å²) in [5.74, 6) is 3.69. The predicted molar refractivity (Wildman–Crippen MR) is 47.6 cm³/mol. The van der Waals surface area contributed by atoms with E-state index in [1.807, 2.05) is 0 Å². The number of alkyl halides is 2. The van der Waals surface area contributed by atoms with Crippen LogP contribution >= 0.6 is 0 Å². The van der Waals surface area contributed by atoms with Crippen LogP contribution in [-0.2, 0) is 0 Å². The minimum atomic E-state index is -2.77. The quantitative estimate of drug-likeness (QED) is 0.591. The van der Waals surface area contributed by atoms with Gasteiger partial charge in [0.2, 0.25) is 0 Å². The molecule has 15 heavy (non-hydrogen) atoms. The molecule has 1 heterocycles. The fourth-order valence-corrected chi connectivity index (χ4v) is 1.38. The third-order valence-corrected chi connectivity index (χ3v) is 2.28.